The second-order valence-electron chi connectivity index (χ2n) is 2.27. The van der Waals surface area contributed by atoms with Crippen LogP contribution >= 0.6 is 11.6 Å². The van der Waals surface area contributed by atoms with E-state index < -0.39 is 11.5 Å². The highest BCUT2D eigenvalue weighted by molar-refractivity contribution is 6.20. The van der Waals surface area contributed by atoms with E-state index in [9.17, 15) is 4.79 Å². The molecule has 0 amide bonds. The van der Waals surface area contributed by atoms with E-state index in [0.29, 0.717) is 0 Å². The summed E-state index contributed by atoms with van der Waals surface area (Å²) in [5.74, 6) is -0.615. The Hall–Kier alpha value is -1.13. The van der Waals surface area contributed by atoms with Crippen LogP contribution < -0.4 is 0 Å². The Morgan fingerprint density at radius 1 is 1.77 bits per heavy atom. The predicted octanol–water partition coefficient (Wildman–Crippen LogP) is 1.10. The number of carbonyl (C=O) groups excluding carboxylic acids is 1. The van der Waals surface area contributed by atoms with Gasteiger partial charge in [0, 0.05) is 11.8 Å². The third-order valence-corrected chi connectivity index (χ3v) is 1.71. The van der Waals surface area contributed by atoms with Crippen molar-refractivity contribution in [2.24, 2.45) is 0 Å². The fraction of sp³-hybridized carbons (Fsp3) is 0.250. The Morgan fingerprint density at radius 2 is 2.46 bits per heavy atom. The predicted molar refractivity (Wildman–Crippen MR) is 46.4 cm³/mol. The molecule has 5 heteroatoms. The van der Waals surface area contributed by atoms with E-state index in [1.54, 1.807) is 6.07 Å². The molecule has 1 aromatic rings. The number of aliphatic hydroxyl groups excluding tert-OH is 1. The van der Waals surface area contributed by atoms with Crippen LogP contribution in [0.5, 0.6) is 0 Å². The quantitative estimate of drug-likeness (QED) is 0.575. The van der Waals surface area contributed by atoms with Crippen LogP contribution in [0.2, 0.25) is 0 Å². The van der Waals surface area contributed by atoms with Gasteiger partial charge in [-0.05, 0) is 6.07 Å². The number of rotatable bonds is 2. The largest absolute Gasteiger partial charge is 0.464 e. The van der Waals surface area contributed by atoms with Gasteiger partial charge in [-0.25, -0.2) is 9.78 Å². The van der Waals surface area contributed by atoms with Crippen molar-refractivity contribution in [3.05, 3.63) is 29.6 Å². The van der Waals surface area contributed by atoms with Gasteiger partial charge >= 0.3 is 5.97 Å². The Labute approximate surface area is 80.1 Å². The highest BCUT2D eigenvalue weighted by Gasteiger charge is 2.16. The van der Waals surface area contributed by atoms with E-state index in [0.717, 1.165) is 0 Å². The molecule has 1 unspecified atom stereocenters. The van der Waals surface area contributed by atoms with E-state index in [1.807, 2.05) is 0 Å². The zero-order chi connectivity index (χ0) is 9.84. The number of nitrogens with zero attached hydrogens (tertiary/aromatic N) is 1. The average Bonchev–Trinajstić information content (AvgIpc) is 2.16. The third kappa shape index (κ3) is 2.17. The minimum atomic E-state index is -1.25. The minimum Gasteiger partial charge on any atom is -0.464 e. The monoisotopic (exact) mass is 201 g/mol. The smallest absolute Gasteiger partial charge is 0.357 e. The number of halogens is 1. The molecule has 0 spiro atoms. The summed E-state index contributed by atoms with van der Waals surface area (Å²) in [4.78, 5) is 14.8. The number of hydrogen-bond donors (Lipinski definition) is 1. The van der Waals surface area contributed by atoms with Gasteiger partial charge in [-0.2, -0.15) is 0 Å². The molecule has 1 N–H and O–H groups in total. The van der Waals surface area contributed by atoms with Crippen LogP contribution in [0.1, 0.15) is 21.6 Å². The van der Waals surface area contributed by atoms with Gasteiger partial charge in [-0.15, -0.1) is 0 Å². The average molecular weight is 202 g/mol. The summed E-state index contributed by atoms with van der Waals surface area (Å²) < 4.78 is 4.46. The van der Waals surface area contributed by atoms with Gasteiger partial charge in [-0.1, -0.05) is 17.7 Å². The van der Waals surface area contributed by atoms with Crippen LogP contribution in [0.25, 0.3) is 0 Å². The van der Waals surface area contributed by atoms with E-state index >= 15 is 0 Å². The molecule has 0 fully saturated rings. The molecular formula is C8H8ClNO3. The summed E-state index contributed by atoms with van der Waals surface area (Å²) in [6.07, 6.45) is 1.43. The number of alkyl halides is 1. The number of methoxy groups -OCH3 is 1. The number of aliphatic hydroxyl groups is 1. The van der Waals surface area contributed by atoms with Gasteiger partial charge in [0.25, 0.3) is 0 Å². The molecule has 0 radical (unpaired) electrons. The van der Waals surface area contributed by atoms with Gasteiger partial charge in [0.15, 0.2) is 11.3 Å². The van der Waals surface area contributed by atoms with Gasteiger partial charge < -0.3 is 9.84 Å². The Morgan fingerprint density at radius 3 is 3.00 bits per heavy atom. The molecule has 0 saturated carbocycles. The third-order valence-electron chi connectivity index (χ3n) is 1.47. The zero-order valence-corrected chi connectivity index (χ0v) is 7.65. The first kappa shape index (κ1) is 9.95. The molecule has 0 saturated heterocycles. The topological polar surface area (TPSA) is 59.4 Å². The van der Waals surface area contributed by atoms with E-state index in [2.05, 4.69) is 9.72 Å². The van der Waals surface area contributed by atoms with Gasteiger partial charge in [0.1, 0.15) is 0 Å². The summed E-state index contributed by atoms with van der Waals surface area (Å²) >= 11 is 5.42. The van der Waals surface area contributed by atoms with Crippen molar-refractivity contribution in [1.82, 2.24) is 4.98 Å². The van der Waals surface area contributed by atoms with E-state index in [-0.39, 0.29) is 11.3 Å². The number of carbonyl (C=O) groups is 1. The molecule has 0 aromatic carbocycles. The van der Waals surface area contributed by atoms with Crippen LogP contribution in [0.4, 0.5) is 0 Å². The molecule has 1 aromatic heterocycles. The molecule has 13 heavy (non-hydrogen) atoms. The normalized spacial score (nSPS) is 12.2. The van der Waals surface area contributed by atoms with Crippen molar-refractivity contribution in [3.63, 3.8) is 0 Å². The summed E-state index contributed by atoms with van der Waals surface area (Å²) in [7, 11) is 1.24. The number of aromatic nitrogens is 1. The second-order valence-corrected chi connectivity index (χ2v) is 2.68. The molecule has 1 atom stereocenters. The summed E-state index contributed by atoms with van der Waals surface area (Å²) in [6, 6.07) is 3.09. The fourth-order valence-electron chi connectivity index (χ4n) is 0.877. The zero-order valence-electron chi connectivity index (χ0n) is 6.90. The number of pyridine rings is 1. The van der Waals surface area contributed by atoms with Crippen molar-refractivity contribution >= 4 is 17.6 Å². The van der Waals surface area contributed by atoms with Crippen LogP contribution in [-0.4, -0.2) is 23.2 Å². The van der Waals surface area contributed by atoms with Gasteiger partial charge in [-0.3, -0.25) is 0 Å². The second kappa shape index (κ2) is 4.20. The molecule has 0 aliphatic rings. The summed E-state index contributed by atoms with van der Waals surface area (Å²) in [6.45, 7) is 0. The molecule has 1 heterocycles. The maximum absolute atomic E-state index is 11.1. The first-order valence-electron chi connectivity index (χ1n) is 3.52. The lowest BCUT2D eigenvalue weighted by atomic mass is 10.2. The Balaban J connectivity index is 3.12. The number of esters is 1. The minimum absolute atomic E-state index is 0.0347. The van der Waals surface area contributed by atoms with Crippen LogP contribution in [0.3, 0.4) is 0 Å². The highest BCUT2D eigenvalue weighted by atomic mass is 35.5. The number of ether oxygens (including phenoxy) is 1. The van der Waals surface area contributed by atoms with E-state index in [4.69, 9.17) is 16.7 Å². The summed E-state index contributed by atoms with van der Waals surface area (Å²) in [5.41, 5.74) is -0.966. The lowest BCUT2D eigenvalue weighted by Crippen LogP contribution is -2.09. The lowest BCUT2D eigenvalue weighted by molar-refractivity contribution is 0.0589. The first-order chi connectivity index (χ1) is 6.16. The van der Waals surface area contributed by atoms with Crippen LogP contribution in [0.15, 0.2) is 18.3 Å². The van der Waals surface area contributed by atoms with Crippen molar-refractivity contribution in [2.45, 2.75) is 5.56 Å². The first-order valence-corrected chi connectivity index (χ1v) is 3.96. The number of hydrogen-bond acceptors (Lipinski definition) is 4. The van der Waals surface area contributed by atoms with Gasteiger partial charge in [0.05, 0.1) is 7.11 Å². The SMILES string of the molecule is COC(=O)c1ncccc1C(O)Cl. The molecule has 4 nitrogen and oxygen atoms in total. The van der Waals surface area contributed by atoms with Crippen LogP contribution in [0, 0.1) is 0 Å². The van der Waals surface area contributed by atoms with Crippen LogP contribution in [-0.2, 0) is 4.74 Å². The van der Waals surface area contributed by atoms with Crippen molar-refractivity contribution in [1.29, 1.82) is 0 Å². The van der Waals surface area contributed by atoms with Crippen molar-refractivity contribution < 1.29 is 14.6 Å². The molecule has 70 valence electrons. The highest BCUT2D eigenvalue weighted by Crippen LogP contribution is 2.19. The summed E-state index contributed by atoms with van der Waals surface area (Å²) in [5, 5.41) is 9.07. The molecule has 0 aliphatic carbocycles. The van der Waals surface area contributed by atoms with Gasteiger partial charge in [0.2, 0.25) is 0 Å². The van der Waals surface area contributed by atoms with E-state index in [1.165, 1.54) is 19.4 Å². The maximum Gasteiger partial charge on any atom is 0.357 e. The fourth-order valence-corrected chi connectivity index (χ4v) is 1.05. The molecule has 0 aliphatic heterocycles. The molecule has 0 bridgehead atoms. The maximum atomic E-state index is 11.1. The molecule has 1 rings (SSSR count). The Bertz CT molecular complexity index is 314. The van der Waals surface area contributed by atoms with Crippen molar-refractivity contribution in [3.8, 4) is 0 Å². The molecular weight excluding hydrogens is 194 g/mol. The Kier molecular flexibility index (Phi) is 3.22. The lowest BCUT2D eigenvalue weighted by Gasteiger charge is -2.06. The standard InChI is InChI=1S/C8H8ClNO3/c1-13-8(12)6-5(7(9)11)3-2-4-10-6/h2-4,7,11H,1H3. The van der Waals surface area contributed by atoms with Crippen molar-refractivity contribution in [2.75, 3.05) is 7.11 Å².